The fourth-order valence-electron chi connectivity index (χ4n) is 3.09. The minimum Gasteiger partial charge on any atom is -0.386 e. The van der Waals surface area contributed by atoms with Crippen LogP contribution in [-0.2, 0) is 4.79 Å². The van der Waals surface area contributed by atoms with Crippen LogP contribution in [-0.4, -0.2) is 22.9 Å². The van der Waals surface area contributed by atoms with Crippen molar-refractivity contribution in [3.63, 3.8) is 0 Å². The Hall–Kier alpha value is -0.830. The molecule has 0 amide bonds. The number of allylic oxidation sites excluding steroid dienone is 2. The first-order valence-corrected chi connectivity index (χ1v) is 6.34. The summed E-state index contributed by atoms with van der Waals surface area (Å²) < 4.78 is 0. The highest BCUT2D eigenvalue weighted by Crippen LogP contribution is 2.28. The molecule has 3 heteroatoms. The van der Waals surface area contributed by atoms with Crippen LogP contribution in [0.1, 0.15) is 54.4 Å². The first-order valence-electron chi connectivity index (χ1n) is 6.34. The maximum atomic E-state index is 11.0. The van der Waals surface area contributed by atoms with Gasteiger partial charge in [0, 0.05) is 22.8 Å². The molecule has 0 aromatic carbocycles. The van der Waals surface area contributed by atoms with Gasteiger partial charge in [-0.1, -0.05) is 0 Å². The van der Waals surface area contributed by atoms with E-state index in [1.165, 1.54) is 0 Å². The third-order valence-electron chi connectivity index (χ3n) is 3.04. The molecule has 0 spiro atoms. The fourth-order valence-corrected chi connectivity index (χ4v) is 3.09. The van der Waals surface area contributed by atoms with Crippen molar-refractivity contribution in [1.29, 1.82) is 0 Å². The van der Waals surface area contributed by atoms with E-state index in [2.05, 4.69) is 38.3 Å². The molecular formula is C14H26N2O. The van der Waals surface area contributed by atoms with Crippen LogP contribution in [0.3, 0.4) is 0 Å². The normalized spacial score (nSPS) is 24.5. The first kappa shape index (κ1) is 14.2. The van der Waals surface area contributed by atoms with Crippen LogP contribution in [0.2, 0.25) is 0 Å². The Bertz CT molecular complexity index is 313. The maximum absolute atomic E-state index is 11.0. The second-order valence-electron chi connectivity index (χ2n) is 6.58. The number of nitrogens with one attached hydrogen (secondary N) is 2. The Morgan fingerprint density at radius 2 is 1.65 bits per heavy atom. The van der Waals surface area contributed by atoms with Crippen molar-refractivity contribution in [3.05, 3.63) is 11.8 Å². The molecule has 1 aliphatic rings. The van der Waals surface area contributed by atoms with Crippen molar-refractivity contribution in [2.45, 2.75) is 71.5 Å². The van der Waals surface area contributed by atoms with E-state index >= 15 is 0 Å². The van der Waals surface area contributed by atoms with Crippen LogP contribution in [0.15, 0.2) is 11.8 Å². The van der Waals surface area contributed by atoms with E-state index < -0.39 is 0 Å². The molecule has 0 atom stereocenters. The average Bonchev–Trinajstić information content (AvgIpc) is 1.93. The summed E-state index contributed by atoms with van der Waals surface area (Å²) in [6, 6.07) is 0.428. The third kappa shape index (κ3) is 4.90. The number of rotatable bonds is 3. The van der Waals surface area contributed by atoms with Crippen molar-refractivity contribution in [2.75, 3.05) is 0 Å². The van der Waals surface area contributed by atoms with Crippen LogP contribution >= 0.6 is 0 Å². The lowest BCUT2D eigenvalue weighted by Crippen LogP contribution is -2.61. The van der Waals surface area contributed by atoms with Gasteiger partial charge in [-0.05, 0) is 60.5 Å². The highest BCUT2D eigenvalue weighted by Gasteiger charge is 2.37. The molecular weight excluding hydrogens is 212 g/mol. The molecule has 1 heterocycles. The van der Waals surface area contributed by atoms with Crippen LogP contribution < -0.4 is 10.6 Å². The summed E-state index contributed by atoms with van der Waals surface area (Å²) in [5.74, 6) is 0.0995. The van der Waals surface area contributed by atoms with Gasteiger partial charge < -0.3 is 10.6 Å². The molecule has 3 nitrogen and oxygen atoms in total. The number of carbonyl (C=O) groups excluding carboxylic acids is 1. The molecule has 1 rings (SSSR count). The van der Waals surface area contributed by atoms with Crippen molar-refractivity contribution in [3.8, 4) is 0 Å². The Morgan fingerprint density at radius 3 is 2.06 bits per heavy atom. The summed E-state index contributed by atoms with van der Waals surface area (Å²) in [7, 11) is 0. The van der Waals surface area contributed by atoms with Gasteiger partial charge >= 0.3 is 0 Å². The predicted molar refractivity (Wildman–Crippen MR) is 71.9 cm³/mol. The minimum absolute atomic E-state index is 0.0995. The topological polar surface area (TPSA) is 41.1 Å². The van der Waals surface area contributed by atoms with Crippen LogP contribution in [0.4, 0.5) is 0 Å². The highest BCUT2D eigenvalue weighted by atomic mass is 16.1. The molecule has 0 aliphatic carbocycles. The Labute approximate surface area is 105 Å². The predicted octanol–water partition coefficient (Wildman–Crippen LogP) is 2.38. The fraction of sp³-hybridized carbons (Fsp3) is 0.786. The van der Waals surface area contributed by atoms with E-state index in [1.807, 2.05) is 6.92 Å². The van der Waals surface area contributed by atoms with Gasteiger partial charge in [-0.3, -0.25) is 4.79 Å². The zero-order valence-corrected chi connectivity index (χ0v) is 12.0. The molecule has 1 saturated heterocycles. The molecule has 0 aromatic heterocycles. The van der Waals surface area contributed by atoms with Crippen LogP contribution in [0.25, 0.3) is 0 Å². The van der Waals surface area contributed by atoms with E-state index in [4.69, 9.17) is 0 Å². The summed E-state index contributed by atoms with van der Waals surface area (Å²) in [6.45, 7) is 12.5. The van der Waals surface area contributed by atoms with Crippen molar-refractivity contribution in [2.24, 2.45) is 0 Å². The third-order valence-corrected chi connectivity index (χ3v) is 3.04. The van der Waals surface area contributed by atoms with Gasteiger partial charge in [0.05, 0.1) is 0 Å². The summed E-state index contributed by atoms with van der Waals surface area (Å²) in [6.07, 6.45) is 3.81. The summed E-state index contributed by atoms with van der Waals surface area (Å²) >= 11 is 0. The molecule has 1 fully saturated rings. The molecule has 2 N–H and O–H groups in total. The lowest BCUT2D eigenvalue weighted by Gasteiger charge is -2.47. The van der Waals surface area contributed by atoms with Crippen molar-refractivity contribution < 1.29 is 4.79 Å². The van der Waals surface area contributed by atoms with Crippen molar-refractivity contribution in [1.82, 2.24) is 10.6 Å². The quantitative estimate of drug-likeness (QED) is 0.742. The number of piperidine rings is 1. The molecule has 1 aliphatic heterocycles. The molecule has 0 saturated carbocycles. The Kier molecular flexibility index (Phi) is 4.03. The summed E-state index contributed by atoms with van der Waals surface area (Å²) in [4.78, 5) is 11.0. The van der Waals surface area contributed by atoms with Gasteiger partial charge in [-0.15, -0.1) is 0 Å². The summed E-state index contributed by atoms with van der Waals surface area (Å²) in [5, 5.41) is 7.11. The van der Waals surface area contributed by atoms with E-state index in [1.54, 1.807) is 13.0 Å². The van der Waals surface area contributed by atoms with Gasteiger partial charge in [0.15, 0.2) is 5.78 Å². The lowest BCUT2D eigenvalue weighted by molar-refractivity contribution is -0.112. The van der Waals surface area contributed by atoms with Crippen LogP contribution in [0, 0.1) is 0 Å². The molecule has 0 radical (unpaired) electrons. The van der Waals surface area contributed by atoms with E-state index in [0.29, 0.717) is 6.04 Å². The zero-order valence-electron chi connectivity index (χ0n) is 12.0. The number of hydrogen-bond donors (Lipinski definition) is 2. The molecule has 0 aromatic rings. The smallest absolute Gasteiger partial charge is 0.154 e. The largest absolute Gasteiger partial charge is 0.386 e. The number of carbonyl (C=O) groups is 1. The monoisotopic (exact) mass is 238 g/mol. The van der Waals surface area contributed by atoms with Gasteiger partial charge in [0.2, 0.25) is 0 Å². The Balaban J connectivity index is 2.69. The number of ketones is 1. The van der Waals surface area contributed by atoms with Gasteiger partial charge in [0.1, 0.15) is 0 Å². The van der Waals surface area contributed by atoms with Gasteiger partial charge in [0.25, 0.3) is 0 Å². The lowest BCUT2D eigenvalue weighted by atomic mass is 9.79. The van der Waals surface area contributed by atoms with Gasteiger partial charge in [-0.25, -0.2) is 0 Å². The second-order valence-corrected chi connectivity index (χ2v) is 6.58. The zero-order chi connectivity index (χ0) is 13.3. The number of hydrogen-bond acceptors (Lipinski definition) is 3. The van der Waals surface area contributed by atoms with E-state index in [0.717, 1.165) is 18.5 Å². The van der Waals surface area contributed by atoms with Crippen LogP contribution in [0.5, 0.6) is 0 Å². The first-order chi connectivity index (χ1) is 7.60. The van der Waals surface area contributed by atoms with Gasteiger partial charge in [-0.2, -0.15) is 0 Å². The Morgan fingerprint density at radius 1 is 1.18 bits per heavy atom. The highest BCUT2D eigenvalue weighted by molar-refractivity contribution is 5.87. The molecule has 0 bridgehead atoms. The maximum Gasteiger partial charge on any atom is 0.154 e. The van der Waals surface area contributed by atoms with E-state index in [-0.39, 0.29) is 16.9 Å². The van der Waals surface area contributed by atoms with E-state index in [9.17, 15) is 4.79 Å². The second kappa shape index (κ2) is 4.81. The average molecular weight is 238 g/mol. The standard InChI is InChI=1S/C14H26N2O/c1-10(7-11(2)17)15-12-8-13(3,4)16-14(5,6)9-12/h7,12,15-16H,8-9H2,1-6H3. The summed E-state index contributed by atoms with van der Waals surface area (Å²) in [5.41, 5.74) is 1.24. The molecule has 98 valence electrons. The molecule has 17 heavy (non-hydrogen) atoms. The van der Waals surface area contributed by atoms with Crippen molar-refractivity contribution >= 4 is 5.78 Å². The molecule has 0 unspecified atom stereocenters. The minimum atomic E-state index is 0.0995. The SMILES string of the molecule is CC(=O)C=C(C)NC1CC(C)(C)NC(C)(C)C1.